The highest BCUT2D eigenvalue weighted by molar-refractivity contribution is 5.57. The molecule has 2 heterocycles. The third-order valence-corrected chi connectivity index (χ3v) is 4.59. The zero-order chi connectivity index (χ0) is 18.1. The Labute approximate surface area is 152 Å². The second-order valence-corrected chi connectivity index (χ2v) is 7.26. The second-order valence-electron chi connectivity index (χ2n) is 7.26. The lowest BCUT2D eigenvalue weighted by molar-refractivity contribution is 0.229. The van der Waals surface area contributed by atoms with E-state index < -0.39 is 5.54 Å². The molecule has 1 aliphatic carbocycles. The maximum atomic E-state index is 6.31. The van der Waals surface area contributed by atoms with Crippen LogP contribution in [-0.4, -0.2) is 26.5 Å². The van der Waals surface area contributed by atoms with Crippen molar-refractivity contribution in [1.29, 1.82) is 0 Å². The first-order valence-corrected chi connectivity index (χ1v) is 8.96. The van der Waals surface area contributed by atoms with E-state index in [9.17, 15) is 0 Å². The van der Waals surface area contributed by atoms with Gasteiger partial charge in [-0.3, -0.25) is 0 Å². The average molecular weight is 353 g/mol. The van der Waals surface area contributed by atoms with Crippen molar-refractivity contribution in [2.45, 2.75) is 38.6 Å². The van der Waals surface area contributed by atoms with Gasteiger partial charge in [0.2, 0.25) is 0 Å². The normalized spacial score (nSPS) is 15.8. The van der Waals surface area contributed by atoms with Gasteiger partial charge >= 0.3 is 0 Å². The molecule has 0 radical (unpaired) electrons. The highest BCUT2D eigenvalue weighted by Crippen LogP contribution is 2.38. The zero-order valence-electron chi connectivity index (χ0n) is 15.1. The number of ether oxygens (including phenoxy) is 1. The summed E-state index contributed by atoms with van der Waals surface area (Å²) >= 11 is 0. The molecule has 1 aromatic carbocycles. The molecule has 136 valence electrons. The fourth-order valence-corrected chi connectivity index (χ4v) is 2.88. The van der Waals surface area contributed by atoms with Crippen LogP contribution in [0, 0.1) is 5.92 Å². The summed E-state index contributed by atoms with van der Waals surface area (Å²) in [7, 11) is 0. The van der Waals surface area contributed by atoms with E-state index in [4.69, 9.17) is 15.0 Å². The number of rotatable bonds is 6. The van der Waals surface area contributed by atoms with Crippen LogP contribution in [0.2, 0.25) is 0 Å². The van der Waals surface area contributed by atoms with E-state index >= 15 is 0 Å². The maximum Gasteiger partial charge on any atom is 0.282 e. The van der Waals surface area contributed by atoms with Gasteiger partial charge in [0.05, 0.1) is 24.0 Å². The Hall–Kier alpha value is -2.67. The predicted octanol–water partition coefficient (Wildman–Crippen LogP) is 3.30. The largest absolute Gasteiger partial charge is 0.489 e. The molecule has 2 aromatic heterocycles. The summed E-state index contributed by atoms with van der Waals surface area (Å²) in [5.41, 5.74) is 7.31. The minimum Gasteiger partial charge on any atom is -0.489 e. The molecule has 0 atom stereocenters. The van der Waals surface area contributed by atoms with Crippen molar-refractivity contribution in [3.63, 3.8) is 0 Å². The Morgan fingerprint density at radius 3 is 2.69 bits per heavy atom. The van der Waals surface area contributed by atoms with Crippen molar-refractivity contribution in [2.24, 2.45) is 11.7 Å². The van der Waals surface area contributed by atoms with E-state index in [0.717, 1.165) is 24.9 Å². The molecular formula is C19H23N5O2. The Bertz CT molecular complexity index is 880. The van der Waals surface area contributed by atoms with Gasteiger partial charge in [-0.25, -0.2) is 4.68 Å². The van der Waals surface area contributed by atoms with Gasteiger partial charge in [-0.05, 0) is 37.3 Å². The lowest BCUT2D eigenvalue weighted by atomic mass is 9.77. The van der Waals surface area contributed by atoms with Crippen LogP contribution >= 0.6 is 0 Å². The molecule has 26 heavy (non-hydrogen) atoms. The molecule has 1 fully saturated rings. The Morgan fingerprint density at radius 2 is 2.04 bits per heavy atom. The highest BCUT2D eigenvalue weighted by Gasteiger charge is 2.39. The number of benzene rings is 1. The second kappa shape index (κ2) is 6.57. The van der Waals surface area contributed by atoms with E-state index in [-0.39, 0.29) is 0 Å². The average Bonchev–Trinajstić information content (AvgIpc) is 3.25. The molecule has 0 spiro atoms. The molecule has 2 N–H and O–H groups in total. The summed E-state index contributed by atoms with van der Waals surface area (Å²) in [6.07, 6.45) is 4.69. The van der Waals surface area contributed by atoms with Gasteiger partial charge in [-0.1, -0.05) is 37.2 Å². The van der Waals surface area contributed by atoms with Crippen molar-refractivity contribution < 1.29 is 9.26 Å². The summed E-state index contributed by atoms with van der Waals surface area (Å²) in [6.45, 7) is 4.77. The third-order valence-electron chi connectivity index (χ3n) is 4.59. The van der Waals surface area contributed by atoms with Gasteiger partial charge in [0, 0.05) is 0 Å². The molecule has 0 unspecified atom stereocenters. The number of hydrogen-bond acceptors (Lipinski definition) is 6. The first kappa shape index (κ1) is 16.8. The van der Waals surface area contributed by atoms with E-state index in [0.29, 0.717) is 35.7 Å². The minimum atomic E-state index is -0.470. The van der Waals surface area contributed by atoms with E-state index in [1.54, 1.807) is 4.68 Å². The van der Waals surface area contributed by atoms with Crippen molar-refractivity contribution in [2.75, 3.05) is 6.61 Å². The van der Waals surface area contributed by atoms with Crippen LogP contribution in [0.3, 0.4) is 0 Å². The fourth-order valence-electron chi connectivity index (χ4n) is 2.88. The maximum absolute atomic E-state index is 6.31. The van der Waals surface area contributed by atoms with Crippen LogP contribution < -0.4 is 10.5 Å². The molecule has 3 aromatic rings. The van der Waals surface area contributed by atoms with Crippen molar-refractivity contribution in [3.8, 4) is 23.0 Å². The Morgan fingerprint density at radius 1 is 1.27 bits per heavy atom. The van der Waals surface area contributed by atoms with E-state index in [2.05, 4.69) is 29.1 Å². The number of nitrogens with two attached hydrogens (primary N) is 1. The van der Waals surface area contributed by atoms with Gasteiger partial charge in [-0.15, -0.1) is 0 Å². The topological polar surface area (TPSA) is 92.0 Å². The van der Waals surface area contributed by atoms with Crippen LogP contribution in [0.25, 0.3) is 17.3 Å². The van der Waals surface area contributed by atoms with Gasteiger partial charge in [0.25, 0.3) is 5.89 Å². The Kier molecular flexibility index (Phi) is 4.24. The van der Waals surface area contributed by atoms with Crippen LogP contribution in [0.1, 0.15) is 38.9 Å². The number of para-hydroxylation sites is 1. The summed E-state index contributed by atoms with van der Waals surface area (Å²) < 4.78 is 13.2. The molecule has 0 amide bonds. The number of hydrogen-bond donors (Lipinski definition) is 1. The first-order chi connectivity index (χ1) is 12.5. The van der Waals surface area contributed by atoms with Crippen molar-refractivity contribution in [3.05, 3.63) is 42.4 Å². The molecule has 0 bridgehead atoms. The van der Waals surface area contributed by atoms with Gasteiger partial charge in [-0.2, -0.15) is 10.1 Å². The molecule has 7 nitrogen and oxygen atoms in total. The molecular weight excluding hydrogens is 330 g/mol. The lowest BCUT2D eigenvalue weighted by Gasteiger charge is -2.34. The van der Waals surface area contributed by atoms with E-state index in [1.807, 2.05) is 36.5 Å². The standard InChI is InChI=1S/C19H23N5O2/c1-13(2)12-25-15-11-24(14-7-4-3-5-8-14)22-16(15)17-21-18(23-26-17)19(20)9-6-10-19/h3-5,7-8,11,13H,6,9-10,12,20H2,1-2H3. The summed E-state index contributed by atoms with van der Waals surface area (Å²) in [5, 5.41) is 8.71. The van der Waals surface area contributed by atoms with Crippen molar-refractivity contribution >= 4 is 0 Å². The molecule has 7 heteroatoms. The number of nitrogens with zero attached hydrogens (tertiary/aromatic N) is 4. The van der Waals surface area contributed by atoms with E-state index in [1.165, 1.54) is 0 Å². The van der Waals surface area contributed by atoms with Gasteiger partial charge in [0.1, 0.15) is 0 Å². The third kappa shape index (κ3) is 3.10. The van der Waals surface area contributed by atoms with Gasteiger partial charge < -0.3 is 15.0 Å². The highest BCUT2D eigenvalue weighted by atomic mass is 16.5. The monoisotopic (exact) mass is 353 g/mol. The summed E-state index contributed by atoms with van der Waals surface area (Å²) in [4.78, 5) is 4.51. The Balaban J connectivity index is 1.70. The van der Waals surface area contributed by atoms with Crippen LogP contribution in [0.5, 0.6) is 5.75 Å². The lowest BCUT2D eigenvalue weighted by Crippen LogP contribution is -2.44. The molecule has 4 rings (SSSR count). The quantitative estimate of drug-likeness (QED) is 0.731. The first-order valence-electron chi connectivity index (χ1n) is 8.96. The summed E-state index contributed by atoms with van der Waals surface area (Å²) in [5.74, 6) is 1.90. The predicted molar refractivity (Wildman–Crippen MR) is 96.9 cm³/mol. The van der Waals surface area contributed by atoms with Crippen molar-refractivity contribution in [1.82, 2.24) is 19.9 Å². The molecule has 1 aliphatic rings. The zero-order valence-corrected chi connectivity index (χ0v) is 15.1. The summed E-state index contributed by atoms with van der Waals surface area (Å²) in [6, 6.07) is 9.85. The van der Waals surface area contributed by atoms with Crippen LogP contribution in [0.15, 0.2) is 41.1 Å². The van der Waals surface area contributed by atoms with Crippen LogP contribution in [0.4, 0.5) is 0 Å². The molecule has 0 saturated heterocycles. The molecule has 0 aliphatic heterocycles. The van der Waals surface area contributed by atoms with Crippen LogP contribution in [-0.2, 0) is 5.54 Å². The van der Waals surface area contributed by atoms with Gasteiger partial charge in [0.15, 0.2) is 17.3 Å². The SMILES string of the molecule is CC(C)COc1cn(-c2ccccc2)nc1-c1nc(C2(N)CCC2)no1. The smallest absolute Gasteiger partial charge is 0.282 e. The minimum absolute atomic E-state index is 0.338. The molecule has 1 saturated carbocycles. The fraction of sp³-hybridized carbons (Fsp3) is 0.421. The number of aromatic nitrogens is 4.